The van der Waals surface area contributed by atoms with E-state index in [2.05, 4.69) is 63.1 Å². The molecule has 4 aliphatic carbocycles. The molecular weight excluding hydrogens is 681 g/mol. The third-order valence-corrected chi connectivity index (χ3v) is 14.5. The molecule has 0 saturated heterocycles. The molecule has 4 fully saturated rings. The highest BCUT2D eigenvalue weighted by atomic mass is 16.6. The van der Waals surface area contributed by atoms with Crippen molar-refractivity contribution in [1.29, 1.82) is 0 Å². The molecule has 0 bridgehead atoms. The first-order valence-electron chi connectivity index (χ1n) is 21.4. The third-order valence-electron chi connectivity index (χ3n) is 14.5. The van der Waals surface area contributed by atoms with Crippen LogP contribution in [0.25, 0.3) is 0 Å². The van der Waals surface area contributed by atoms with Crippen molar-refractivity contribution < 1.29 is 28.6 Å². The molecule has 0 aromatic heterocycles. The Morgan fingerprint density at radius 1 is 0.796 bits per heavy atom. The van der Waals surface area contributed by atoms with Gasteiger partial charge in [-0.15, -0.1) is 0 Å². The largest absolute Gasteiger partial charge is 0.462 e. The summed E-state index contributed by atoms with van der Waals surface area (Å²) in [5.41, 5.74) is 18.3. The van der Waals surface area contributed by atoms with Crippen molar-refractivity contribution in [2.75, 3.05) is 33.2 Å². The molecule has 4 aliphatic rings. The van der Waals surface area contributed by atoms with Gasteiger partial charge in [0, 0.05) is 37.1 Å². The van der Waals surface area contributed by atoms with Gasteiger partial charge < -0.3 is 36.3 Å². The molecule has 3 unspecified atom stereocenters. The normalized spacial score (nSPS) is 33.6. The number of benzene rings is 1. The minimum absolute atomic E-state index is 0.0543. The maximum absolute atomic E-state index is 13.5. The van der Waals surface area contributed by atoms with Gasteiger partial charge in [-0.3, -0.25) is 14.4 Å². The Morgan fingerprint density at radius 3 is 2.07 bits per heavy atom. The number of hydrogen-bond donors (Lipinski definition) is 3. The van der Waals surface area contributed by atoms with Crippen LogP contribution in [-0.2, 0) is 35.1 Å². The van der Waals surface area contributed by atoms with Crippen molar-refractivity contribution in [3.63, 3.8) is 0 Å². The van der Waals surface area contributed by atoms with Crippen LogP contribution >= 0.6 is 0 Å². The van der Waals surface area contributed by atoms with Gasteiger partial charge in [0.2, 0.25) is 0 Å². The molecule has 10 nitrogen and oxygen atoms in total. The van der Waals surface area contributed by atoms with Crippen LogP contribution in [0.5, 0.6) is 0 Å². The number of fused-ring (bicyclic) bond motifs is 5. The van der Waals surface area contributed by atoms with Crippen molar-refractivity contribution in [3.05, 3.63) is 35.9 Å². The molecule has 0 amide bonds. The van der Waals surface area contributed by atoms with Crippen molar-refractivity contribution in [2.45, 2.75) is 142 Å². The quantitative estimate of drug-likeness (QED) is 0.107. The Bertz CT molecular complexity index is 1360. The first-order valence-corrected chi connectivity index (χ1v) is 21.4. The molecule has 0 heterocycles. The molecular formula is C44H72N4O6. The Hall–Kier alpha value is -2.53. The summed E-state index contributed by atoms with van der Waals surface area (Å²) in [7, 11) is 2.20. The van der Waals surface area contributed by atoms with Crippen LogP contribution in [0.4, 0.5) is 0 Å². The molecule has 10 heteroatoms. The van der Waals surface area contributed by atoms with Crippen LogP contribution in [0.15, 0.2) is 30.3 Å². The van der Waals surface area contributed by atoms with Gasteiger partial charge in [0.15, 0.2) is 0 Å². The van der Waals surface area contributed by atoms with Crippen LogP contribution in [0.3, 0.4) is 0 Å². The summed E-state index contributed by atoms with van der Waals surface area (Å²) < 4.78 is 19.2. The summed E-state index contributed by atoms with van der Waals surface area (Å²) in [4.78, 5) is 42.0. The lowest BCUT2D eigenvalue weighted by atomic mass is 9.43. The number of nitrogens with two attached hydrogens (primary N) is 3. The first-order chi connectivity index (χ1) is 25.9. The van der Waals surface area contributed by atoms with Gasteiger partial charge in [-0.2, -0.15) is 0 Å². The zero-order valence-electron chi connectivity index (χ0n) is 33.9. The zero-order chi connectivity index (χ0) is 38.9. The smallest absolute Gasteiger partial charge is 0.306 e. The van der Waals surface area contributed by atoms with E-state index in [-0.39, 0.29) is 70.7 Å². The molecule has 304 valence electrons. The number of esters is 3. The summed E-state index contributed by atoms with van der Waals surface area (Å²) >= 11 is 0. The van der Waals surface area contributed by atoms with Crippen LogP contribution in [-0.4, -0.2) is 74.3 Å². The maximum atomic E-state index is 13.5. The van der Waals surface area contributed by atoms with Crippen LogP contribution in [0.1, 0.15) is 123 Å². The predicted octanol–water partition coefficient (Wildman–Crippen LogP) is 6.37. The topological polar surface area (TPSA) is 160 Å². The summed E-state index contributed by atoms with van der Waals surface area (Å²) in [6.45, 7) is 10.6. The van der Waals surface area contributed by atoms with Gasteiger partial charge >= 0.3 is 17.9 Å². The molecule has 0 spiro atoms. The van der Waals surface area contributed by atoms with E-state index in [1.807, 2.05) is 0 Å². The molecule has 0 radical (unpaired) electrons. The van der Waals surface area contributed by atoms with E-state index >= 15 is 0 Å². The molecule has 4 saturated carbocycles. The highest BCUT2D eigenvalue weighted by molar-refractivity contribution is 5.70. The lowest BCUT2D eigenvalue weighted by Gasteiger charge is -2.64. The fourth-order valence-electron chi connectivity index (χ4n) is 11.8. The summed E-state index contributed by atoms with van der Waals surface area (Å²) in [6.07, 6.45) is 10.6. The summed E-state index contributed by atoms with van der Waals surface area (Å²) in [5, 5.41) is 0. The number of carbonyl (C=O) groups excluding carboxylic acids is 3. The Balaban J connectivity index is 1.40. The number of ether oxygens (including phenoxy) is 3. The second-order valence-electron chi connectivity index (χ2n) is 17.9. The van der Waals surface area contributed by atoms with Crippen molar-refractivity contribution in [3.8, 4) is 0 Å². The minimum atomic E-state index is -0.240. The average Bonchev–Trinajstić information content (AvgIpc) is 3.51. The monoisotopic (exact) mass is 753 g/mol. The van der Waals surface area contributed by atoms with E-state index in [1.165, 1.54) is 5.56 Å². The number of rotatable bonds is 19. The van der Waals surface area contributed by atoms with E-state index in [1.54, 1.807) is 0 Å². The molecule has 54 heavy (non-hydrogen) atoms. The fraction of sp³-hybridized carbons (Fsp3) is 0.795. The Labute approximate surface area is 325 Å². The second-order valence-corrected chi connectivity index (χ2v) is 17.9. The van der Waals surface area contributed by atoms with E-state index in [9.17, 15) is 14.4 Å². The second kappa shape index (κ2) is 19.6. The molecule has 1 aromatic carbocycles. The number of hydrogen-bond acceptors (Lipinski definition) is 10. The number of carbonyl (C=O) groups is 3. The van der Waals surface area contributed by atoms with Gasteiger partial charge in [0.05, 0.1) is 0 Å². The Kier molecular flexibility index (Phi) is 15.4. The van der Waals surface area contributed by atoms with Crippen LogP contribution in [0, 0.1) is 46.3 Å². The molecule has 11 atom stereocenters. The Morgan fingerprint density at radius 2 is 1.43 bits per heavy atom. The lowest BCUT2D eigenvalue weighted by Crippen LogP contribution is -2.63. The highest BCUT2D eigenvalue weighted by Gasteiger charge is 2.67. The molecule has 5 rings (SSSR count). The summed E-state index contributed by atoms with van der Waals surface area (Å²) in [6, 6.07) is 10.6. The van der Waals surface area contributed by atoms with E-state index in [4.69, 9.17) is 31.4 Å². The van der Waals surface area contributed by atoms with E-state index in [0.717, 1.165) is 70.9 Å². The summed E-state index contributed by atoms with van der Waals surface area (Å²) in [5.74, 6) is 1.19. The number of nitrogens with zero attached hydrogens (tertiary/aromatic N) is 1. The van der Waals surface area contributed by atoms with Crippen molar-refractivity contribution in [1.82, 2.24) is 4.90 Å². The van der Waals surface area contributed by atoms with Gasteiger partial charge in [-0.1, -0.05) is 51.1 Å². The predicted molar refractivity (Wildman–Crippen MR) is 212 cm³/mol. The zero-order valence-corrected chi connectivity index (χ0v) is 33.9. The highest BCUT2D eigenvalue weighted by Crippen LogP contribution is 2.69. The van der Waals surface area contributed by atoms with Crippen molar-refractivity contribution >= 4 is 17.9 Å². The molecule has 6 N–H and O–H groups in total. The lowest BCUT2D eigenvalue weighted by molar-refractivity contribution is -0.226. The maximum Gasteiger partial charge on any atom is 0.306 e. The molecule has 1 aromatic rings. The first kappa shape index (κ1) is 42.6. The average molecular weight is 753 g/mol. The van der Waals surface area contributed by atoms with Gasteiger partial charge in [0.1, 0.15) is 18.3 Å². The van der Waals surface area contributed by atoms with Crippen LogP contribution in [0.2, 0.25) is 0 Å². The SMILES string of the molecule is C[C@H](CCCN(C)Cc1ccccc1)[C@H]1CC[C@H]2C3[C@H](OC(=O)CCCN)CC4C[C@H](OC(=O)CCCN)CC[C@]4(C)[C@H]3C[C@H](OC(=O)CCCN)C12C. The minimum Gasteiger partial charge on any atom is -0.462 e. The van der Waals surface area contributed by atoms with Gasteiger partial charge in [-0.05, 0) is 151 Å². The fourth-order valence-corrected chi connectivity index (χ4v) is 11.8. The van der Waals surface area contributed by atoms with Crippen molar-refractivity contribution in [2.24, 2.45) is 63.5 Å². The van der Waals surface area contributed by atoms with E-state index < -0.39 is 0 Å². The van der Waals surface area contributed by atoms with Gasteiger partial charge in [-0.25, -0.2) is 0 Å². The van der Waals surface area contributed by atoms with E-state index in [0.29, 0.717) is 70.0 Å². The standard InChI is InChI=1S/C44H72N4O6/c1-30(12-11-25-48(4)29-31-13-6-5-7-14-31)34-18-19-35-42-36(28-38(44(34,35)3)54-41(51)17-10-24-47)43(2)21-20-33(52-39(49)15-8-22-45)26-32(43)27-37(42)53-40(50)16-9-23-46/h5-7,13-14,30,32-38,42H,8-12,15-29,45-47H2,1-4H3/t30-,32?,33-,34-,35+,36+,37-,38+,42?,43+,44?/m1/s1. The molecule has 0 aliphatic heterocycles. The van der Waals surface area contributed by atoms with Crippen LogP contribution < -0.4 is 17.2 Å². The van der Waals surface area contributed by atoms with Gasteiger partial charge in [0.25, 0.3) is 0 Å². The third kappa shape index (κ3) is 9.88.